The molecule has 1 fully saturated rings. The Balaban J connectivity index is 1.68. The van der Waals surface area contributed by atoms with Gasteiger partial charge in [-0.15, -0.1) is 0 Å². The van der Waals surface area contributed by atoms with Gasteiger partial charge in [-0.2, -0.15) is 0 Å². The molecule has 0 radical (unpaired) electrons. The first-order valence-corrected chi connectivity index (χ1v) is 8.47. The molecule has 0 aromatic heterocycles. The van der Waals surface area contributed by atoms with Gasteiger partial charge in [-0.3, -0.25) is 4.79 Å². The van der Waals surface area contributed by atoms with E-state index in [4.69, 9.17) is 0 Å². The predicted molar refractivity (Wildman–Crippen MR) is 70.7 cm³/mol. The standard InChI is InChI=1S/C13H21NO3S/c15-13(7-6-11-4-2-1-3-5-11)14-12-8-9-18(16,17)10-12/h8-9,11-12H,1-7,10H2,(H,14,15)/t12-/m1/s1. The molecular weight excluding hydrogens is 250 g/mol. The van der Waals surface area contributed by atoms with Gasteiger partial charge in [0.15, 0.2) is 9.84 Å². The number of carbonyl (C=O) groups excluding carboxylic acids is 1. The van der Waals surface area contributed by atoms with E-state index in [-0.39, 0.29) is 17.7 Å². The Morgan fingerprint density at radius 2 is 1.94 bits per heavy atom. The minimum absolute atomic E-state index is 0.0160. The van der Waals surface area contributed by atoms with Crippen LogP contribution in [0.5, 0.6) is 0 Å². The number of hydrogen-bond donors (Lipinski definition) is 1. The zero-order chi connectivity index (χ0) is 13.0. The van der Waals surface area contributed by atoms with Crippen LogP contribution in [0.3, 0.4) is 0 Å². The summed E-state index contributed by atoms with van der Waals surface area (Å²) in [6.07, 6.45) is 9.41. The van der Waals surface area contributed by atoms with Gasteiger partial charge in [0.2, 0.25) is 5.91 Å². The minimum atomic E-state index is -3.07. The predicted octanol–water partition coefficient (Wildman–Crippen LogP) is 1.77. The van der Waals surface area contributed by atoms with E-state index in [1.165, 1.54) is 37.5 Å². The Kier molecular flexibility index (Phi) is 4.43. The molecule has 0 bridgehead atoms. The van der Waals surface area contributed by atoms with E-state index < -0.39 is 9.84 Å². The van der Waals surface area contributed by atoms with Crippen molar-refractivity contribution in [1.82, 2.24) is 5.32 Å². The van der Waals surface area contributed by atoms with Gasteiger partial charge in [0, 0.05) is 11.8 Å². The lowest BCUT2D eigenvalue weighted by atomic mass is 9.86. The molecule has 0 spiro atoms. The highest BCUT2D eigenvalue weighted by Gasteiger charge is 2.23. The van der Waals surface area contributed by atoms with Crippen molar-refractivity contribution in [2.24, 2.45) is 5.92 Å². The molecule has 5 heteroatoms. The van der Waals surface area contributed by atoms with Gasteiger partial charge in [-0.1, -0.05) is 32.1 Å². The Morgan fingerprint density at radius 3 is 2.56 bits per heavy atom. The van der Waals surface area contributed by atoms with Crippen molar-refractivity contribution in [3.63, 3.8) is 0 Å². The van der Waals surface area contributed by atoms with Gasteiger partial charge in [-0.05, 0) is 18.4 Å². The fraction of sp³-hybridized carbons (Fsp3) is 0.769. The van der Waals surface area contributed by atoms with E-state index in [1.54, 1.807) is 6.08 Å². The summed E-state index contributed by atoms with van der Waals surface area (Å²) in [6.45, 7) is 0. The molecule has 1 saturated carbocycles. The maximum Gasteiger partial charge on any atom is 0.220 e. The van der Waals surface area contributed by atoms with Crippen molar-refractivity contribution >= 4 is 15.7 Å². The van der Waals surface area contributed by atoms with Crippen molar-refractivity contribution in [2.75, 3.05) is 5.75 Å². The largest absolute Gasteiger partial charge is 0.349 e. The highest BCUT2D eigenvalue weighted by Crippen LogP contribution is 2.27. The molecule has 18 heavy (non-hydrogen) atoms. The molecule has 0 aromatic carbocycles. The van der Waals surface area contributed by atoms with Gasteiger partial charge in [0.05, 0.1) is 11.8 Å². The molecule has 1 atom stereocenters. The Bertz CT molecular complexity index is 422. The molecule has 0 aromatic rings. The van der Waals surface area contributed by atoms with Gasteiger partial charge in [-0.25, -0.2) is 8.42 Å². The van der Waals surface area contributed by atoms with Crippen molar-refractivity contribution in [3.05, 3.63) is 11.5 Å². The van der Waals surface area contributed by atoms with Crippen LogP contribution in [-0.2, 0) is 14.6 Å². The third-order valence-corrected chi connectivity index (χ3v) is 5.18. The Labute approximate surface area is 109 Å². The van der Waals surface area contributed by atoms with Crippen molar-refractivity contribution in [1.29, 1.82) is 0 Å². The van der Waals surface area contributed by atoms with Crippen LogP contribution in [0.1, 0.15) is 44.9 Å². The first-order chi connectivity index (χ1) is 8.55. The fourth-order valence-corrected chi connectivity index (χ4v) is 3.99. The minimum Gasteiger partial charge on any atom is -0.349 e. The van der Waals surface area contributed by atoms with E-state index in [2.05, 4.69) is 5.32 Å². The van der Waals surface area contributed by atoms with Crippen LogP contribution >= 0.6 is 0 Å². The molecule has 2 rings (SSSR count). The highest BCUT2D eigenvalue weighted by molar-refractivity contribution is 7.94. The zero-order valence-electron chi connectivity index (χ0n) is 10.6. The first-order valence-electron chi connectivity index (χ1n) is 6.75. The van der Waals surface area contributed by atoms with E-state index >= 15 is 0 Å². The SMILES string of the molecule is O=C(CCC1CCCCC1)N[C@@H]1C=CS(=O)(=O)C1. The topological polar surface area (TPSA) is 63.2 Å². The summed E-state index contributed by atoms with van der Waals surface area (Å²) in [4.78, 5) is 11.7. The molecule has 1 aliphatic heterocycles. The number of hydrogen-bond acceptors (Lipinski definition) is 3. The number of nitrogens with one attached hydrogen (secondary N) is 1. The molecule has 0 unspecified atom stereocenters. The number of amides is 1. The summed E-state index contributed by atoms with van der Waals surface area (Å²) in [6, 6.07) is -0.325. The summed E-state index contributed by atoms with van der Waals surface area (Å²) < 4.78 is 22.4. The van der Waals surface area contributed by atoms with Gasteiger partial charge >= 0.3 is 0 Å². The second-order valence-electron chi connectivity index (χ2n) is 5.37. The van der Waals surface area contributed by atoms with Crippen LogP contribution in [0, 0.1) is 5.92 Å². The monoisotopic (exact) mass is 271 g/mol. The highest BCUT2D eigenvalue weighted by atomic mass is 32.2. The number of carbonyl (C=O) groups is 1. The lowest BCUT2D eigenvalue weighted by Crippen LogP contribution is -2.35. The van der Waals surface area contributed by atoms with Crippen LogP contribution < -0.4 is 5.32 Å². The van der Waals surface area contributed by atoms with Crippen LogP contribution in [0.25, 0.3) is 0 Å². The van der Waals surface area contributed by atoms with E-state index in [1.807, 2.05) is 0 Å². The van der Waals surface area contributed by atoms with Crippen LogP contribution in [0.2, 0.25) is 0 Å². The summed E-state index contributed by atoms with van der Waals surface area (Å²) in [7, 11) is -3.07. The molecule has 1 heterocycles. The van der Waals surface area contributed by atoms with E-state index in [0.29, 0.717) is 12.3 Å². The van der Waals surface area contributed by atoms with Crippen molar-refractivity contribution < 1.29 is 13.2 Å². The first kappa shape index (κ1) is 13.6. The summed E-state index contributed by atoms with van der Waals surface area (Å²) in [5, 5.41) is 3.96. The summed E-state index contributed by atoms with van der Waals surface area (Å²) >= 11 is 0. The average Bonchev–Trinajstić information content (AvgIpc) is 2.67. The van der Waals surface area contributed by atoms with Gasteiger partial charge in [0.25, 0.3) is 0 Å². The van der Waals surface area contributed by atoms with Crippen molar-refractivity contribution in [2.45, 2.75) is 51.0 Å². The molecule has 1 amide bonds. The van der Waals surface area contributed by atoms with E-state index in [0.717, 1.165) is 6.42 Å². The molecule has 4 nitrogen and oxygen atoms in total. The number of rotatable bonds is 4. The fourth-order valence-electron chi connectivity index (χ4n) is 2.76. The van der Waals surface area contributed by atoms with Crippen LogP contribution in [0.4, 0.5) is 0 Å². The molecular formula is C13H21NO3S. The van der Waals surface area contributed by atoms with E-state index in [9.17, 15) is 13.2 Å². The quantitative estimate of drug-likeness (QED) is 0.847. The van der Waals surface area contributed by atoms with Crippen molar-refractivity contribution in [3.8, 4) is 0 Å². The van der Waals surface area contributed by atoms with Crippen LogP contribution in [0.15, 0.2) is 11.5 Å². The maximum atomic E-state index is 11.7. The number of sulfone groups is 1. The lowest BCUT2D eigenvalue weighted by Gasteiger charge is -2.21. The molecule has 2 aliphatic rings. The molecule has 1 aliphatic carbocycles. The normalized spacial score (nSPS) is 27.2. The molecule has 102 valence electrons. The summed E-state index contributed by atoms with van der Waals surface area (Å²) in [5.74, 6) is 0.682. The third kappa shape index (κ3) is 4.12. The van der Waals surface area contributed by atoms with Gasteiger partial charge < -0.3 is 5.32 Å². The second kappa shape index (κ2) is 5.87. The zero-order valence-corrected chi connectivity index (χ0v) is 11.4. The Morgan fingerprint density at radius 1 is 1.22 bits per heavy atom. The smallest absolute Gasteiger partial charge is 0.220 e. The third-order valence-electron chi connectivity index (χ3n) is 3.78. The average molecular weight is 271 g/mol. The van der Waals surface area contributed by atoms with Crippen LogP contribution in [-0.4, -0.2) is 26.1 Å². The molecule has 1 N–H and O–H groups in total. The summed E-state index contributed by atoms with van der Waals surface area (Å²) in [5.41, 5.74) is 0. The molecule has 0 saturated heterocycles. The maximum absolute atomic E-state index is 11.7. The Hall–Kier alpha value is -0.840. The second-order valence-corrected chi connectivity index (χ2v) is 7.31. The lowest BCUT2D eigenvalue weighted by molar-refractivity contribution is -0.121. The van der Waals surface area contributed by atoms with Gasteiger partial charge in [0.1, 0.15) is 0 Å².